The first-order chi connectivity index (χ1) is 12.7. The molecule has 7 nitrogen and oxygen atoms in total. The average Bonchev–Trinajstić information content (AvgIpc) is 2.65. The molecule has 2 rings (SSSR count). The number of carbonyl (C=O) groups excluding carboxylic acids is 1. The predicted octanol–water partition coefficient (Wildman–Crippen LogP) is 2.29. The number of hydrogen-bond acceptors (Lipinski definition) is 4. The van der Waals surface area contributed by atoms with Crippen molar-refractivity contribution in [2.24, 2.45) is 11.8 Å². The Morgan fingerprint density at radius 3 is 2.19 bits per heavy atom. The van der Waals surface area contributed by atoms with Crippen molar-refractivity contribution in [2.45, 2.75) is 38.5 Å². The molecule has 0 atom stereocenters. The molecule has 0 aliphatic carbocycles. The molecule has 1 aliphatic rings. The lowest BCUT2D eigenvalue weighted by Crippen LogP contribution is -2.45. The quantitative estimate of drug-likeness (QED) is 0.763. The lowest BCUT2D eigenvalue weighted by molar-refractivity contribution is -0.137. The largest absolute Gasteiger partial charge is 0.478 e. The van der Waals surface area contributed by atoms with Gasteiger partial charge < -0.3 is 10.0 Å². The van der Waals surface area contributed by atoms with Gasteiger partial charge in [-0.15, -0.1) is 0 Å². The molecule has 1 aliphatic heterocycles. The Morgan fingerprint density at radius 1 is 1.19 bits per heavy atom. The van der Waals surface area contributed by atoms with E-state index in [0.717, 1.165) is 0 Å². The number of rotatable bonds is 7. The molecule has 0 saturated carbocycles. The van der Waals surface area contributed by atoms with Crippen LogP contribution >= 0.6 is 0 Å². The second kappa shape index (κ2) is 8.84. The maximum absolute atomic E-state index is 12.8. The van der Waals surface area contributed by atoms with Crippen molar-refractivity contribution < 1.29 is 23.1 Å². The highest BCUT2D eigenvalue weighted by Gasteiger charge is 2.33. The summed E-state index contributed by atoms with van der Waals surface area (Å²) in [6.07, 6.45) is 1.000. The summed E-state index contributed by atoms with van der Waals surface area (Å²) < 4.78 is 26.9. The van der Waals surface area contributed by atoms with Gasteiger partial charge in [0.1, 0.15) is 0 Å². The molecule has 150 valence electrons. The summed E-state index contributed by atoms with van der Waals surface area (Å²) in [5.74, 6) is -0.748. The summed E-state index contributed by atoms with van der Waals surface area (Å²) in [4.78, 5) is 25.5. The van der Waals surface area contributed by atoms with E-state index in [1.807, 2.05) is 11.8 Å². The molecule has 1 aromatic rings. The van der Waals surface area contributed by atoms with E-state index in [-0.39, 0.29) is 22.3 Å². The number of carboxylic acids is 1. The Kier molecular flexibility index (Phi) is 7.00. The maximum atomic E-state index is 12.8. The molecule has 0 unspecified atom stereocenters. The van der Waals surface area contributed by atoms with Crippen LogP contribution in [0.3, 0.4) is 0 Å². The van der Waals surface area contributed by atoms with Crippen molar-refractivity contribution in [1.82, 2.24) is 9.21 Å². The van der Waals surface area contributed by atoms with Crippen LogP contribution in [0.15, 0.2) is 29.2 Å². The van der Waals surface area contributed by atoms with E-state index in [1.165, 1.54) is 28.6 Å². The number of hydrogen-bond donors (Lipinski definition) is 1. The smallest absolute Gasteiger partial charge is 0.335 e. The summed E-state index contributed by atoms with van der Waals surface area (Å²) in [6.45, 7) is 8.05. The summed E-state index contributed by atoms with van der Waals surface area (Å²) >= 11 is 0. The van der Waals surface area contributed by atoms with Gasteiger partial charge >= 0.3 is 5.97 Å². The minimum Gasteiger partial charge on any atom is -0.478 e. The molecule has 1 fully saturated rings. The van der Waals surface area contributed by atoms with E-state index in [0.29, 0.717) is 44.9 Å². The molecule has 8 heteroatoms. The fraction of sp³-hybridized carbons (Fsp3) is 0.579. The van der Waals surface area contributed by atoms with Crippen LogP contribution < -0.4 is 0 Å². The number of nitrogens with zero attached hydrogens (tertiary/aromatic N) is 2. The van der Waals surface area contributed by atoms with Gasteiger partial charge in [-0.1, -0.05) is 13.8 Å². The number of benzene rings is 1. The highest BCUT2D eigenvalue weighted by Crippen LogP contribution is 2.25. The Morgan fingerprint density at radius 2 is 1.74 bits per heavy atom. The fourth-order valence-electron chi connectivity index (χ4n) is 3.34. The van der Waals surface area contributed by atoms with E-state index >= 15 is 0 Å². The highest BCUT2D eigenvalue weighted by atomic mass is 32.2. The topological polar surface area (TPSA) is 95.0 Å². The highest BCUT2D eigenvalue weighted by molar-refractivity contribution is 7.89. The number of carbonyl (C=O) groups is 2. The number of carboxylic acid groups (broad SMARTS) is 1. The van der Waals surface area contributed by atoms with Crippen LogP contribution in [0, 0.1) is 11.8 Å². The summed E-state index contributed by atoms with van der Waals surface area (Å²) in [7, 11) is -3.68. The first kappa shape index (κ1) is 21.4. The minimum atomic E-state index is -3.68. The molecule has 27 heavy (non-hydrogen) atoms. The molecule has 1 N–H and O–H groups in total. The number of sulfonamides is 1. The molecule has 0 spiro atoms. The van der Waals surface area contributed by atoms with Gasteiger partial charge in [0.15, 0.2) is 0 Å². The third kappa shape index (κ3) is 5.07. The van der Waals surface area contributed by atoms with Gasteiger partial charge in [-0.05, 0) is 49.9 Å². The number of aromatic carboxylic acids is 1. The Bertz CT molecular complexity index is 766. The van der Waals surface area contributed by atoms with Gasteiger partial charge in [0.25, 0.3) is 0 Å². The van der Waals surface area contributed by atoms with Crippen LogP contribution in [0.1, 0.15) is 44.0 Å². The molecule has 1 amide bonds. The van der Waals surface area contributed by atoms with Crippen molar-refractivity contribution in [3.8, 4) is 0 Å². The zero-order chi connectivity index (χ0) is 20.2. The van der Waals surface area contributed by atoms with E-state index in [1.54, 1.807) is 0 Å². The second-order valence-corrected chi connectivity index (χ2v) is 9.22. The third-order valence-electron chi connectivity index (χ3n) is 4.82. The lowest BCUT2D eigenvalue weighted by atomic mass is 9.96. The van der Waals surface area contributed by atoms with Crippen molar-refractivity contribution >= 4 is 21.9 Å². The van der Waals surface area contributed by atoms with Crippen molar-refractivity contribution in [3.63, 3.8) is 0 Å². The first-order valence-corrected chi connectivity index (χ1v) is 10.7. The van der Waals surface area contributed by atoms with Crippen LogP contribution in [-0.4, -0.2) is 60.8 Å². The lowest BCUT2D eigenvalue weighted by Gasteiger charge is -2.34. The minimum absolute atomic E-state index is 0.0445. The first-order valence-electron chi connectivity index (χ1n) is 9.29. The number of amides is 1. The van der Waals surface area contributed by atoms with Crippen LogP contribution in [0.2, 0.25) is 0 Å². The number of piperidine rings is 1. The molecule has 1 aromatic carbocycles. The molecular weight excluding hydrogens is 368 g/mol. The Hall–Kier alpha value is -1.93. The van der Waals surface area contributed by atoms with Crippen molar-refractivity contribution in [3.05, 3.63) is 29.8 Å². The molecule has 1 heterocycles. The summed E-state index contributed by atoms with van der Waals surface area (Å²) in [6, 6.07) is 5.21. The van der Waals surface area contributed by atoms with E-state index in [9.17, 15) is 18.0 Å². The van der Waals surface area contributed by atoms with Gasteiger partial charge in [-0.3, -0.25) is 4.79 Å². The zero-order valence-electron chi connectivity index (χ0n) is 16.1. The van der Waals surface area contributed by atoms with Gasteiger partial charge in [-0.25, -0.2) is 13.2 Å². The molecule has 1 saturated heterocycles. The van der Waals surface area contributed by atoms with Gasteiger partial charge in [0.2, 0.25) is 15.9 Å². The van der Waals surface area contributed by atoms with Crippen molar-refractivity contribution in [2.75, 3.05) is 26.2 Å². The van der Waals surface area contributed by atoms with Crippen LogP contribution in [-0.2, 0) is 14.8 Å². The Labute approximate surface area is 161 Å². The van der Waals surface area contributed by atoms with E-state index in [2.05, 4.69) is 13.8 Å². The standard InChI is InChI=1S/C19H28N2O5S/c1-4-20(13-14(2)3)18(22)15-9-11-21(12-10-15)27(25,26)17-7-5-16(6-8-17)19(23)24/h5-8,14-15H,4,9-13H2,1-3H3,(H,23,24). The van der Waals surface area contributed by atoms with Gasteiger partial charge in [-0.2, -0.15) is 4.31 Å². The van der Waals surface area contributed by atoms with Gasteiger partial charge in [0, 0.05) is 32.1 Å². The van der Waals surface area contributed by atoms with Crippen LogP contribution in [0.5, 0.6) is 0 Å². The van der Waals surface area contributed by atoms with Gasteiger partial charge in [0.05, 0.1) is 10.5 Å². The van der Waals surface area contributed by atoms with Crippen molar-refractivity contribution in [1.29, 1.82) is 0 Å². The second-order valence-electron chi connectivity index (χ2n) is 7.28. The normalized spacial score (nSPS) is 16.4. The SMILES string of the molecule is CCN(CC(C)C)C(=O)C1CCN(S(=O)(=O)c2ccc(C(=O)O)cc2)CC1. The molecular formula is C19H28N2O5S. The molecule has 0 radical (unpaired) electrons. The van der Waals surface area contributed by atoms with Crippen LogP contribution in [0.25, 0.3) is 0 Å². The molecule has 0 aromatic heterocycles. The summed E-state index contributed by atoms with van der Waals surface area (Å²) in [5, 5.41) is 8.93. The maximum Gasteiger partial charge on any atom is 0.335 e. The zero-order valence-corrected chi connectivity index (χ0v) is 16.9. The average molecular weight is 397 g/mol. The van der Waals surface area contributed by atoms with E-state index < -0.39 is 16.0 Å². The predicted molar refractivity (Wildman–Crippen MR) is 102 cm³/mol. The molecule has 0 bridgehead atoms. The van der Waals surface area contributed by atoms with E-state index in [4.69, 9.17) is 5.11 Å². The Balaban J connectivity index is 2.03. The monoisotopic (exact) mass is 396 g/mol. The summed E-state index contributed by atoms with van der Waals surface area (Å²) in [5.41, 5.74) is 0.0445. The third-order valence-corrected chi connectivity index (χ3v) is 6.73. The fourth-order valence-corrected chi connectivity index (χ4v) is 4.81. The van der Waals surface area contributed by atoms with Crippen LogP contribution in [0.4, 0.5) is 0 Å².